The maximum absolute atomic E-state index is 12.3. The summed E-state index contributed by atoms with van der Waals surface area (Å²) in [7, 11) is 0. The van der Waals surface area contributed by atoms with Crippen LogP contribution in [0, 0.1) is 11.8 Å². The van der Waals surface area contributed by atoms with Crippen LogP contribution >= 0.6 is 0 Å². The number of aromatic amines is 1. The van der Waals surface area contributed by atoms with Crippen molar-refractivity contribution in [2.75, 3.05) is 0 Å². The fourth-order valence-electron chi connectivity index (χ4n) is 4.10. The monoisotopic (exact) mass is 382 g/mol. The highest BCUT2D eigenvalue weighted by Crippen LogP contribution is 2.37. The van der Waals surface area contributed by atoms with Gasteiger partial charge in [-0.25, -0.2) is 5.10 Å². The Morgan fingerprint density at radius 3 is 2.75 bits per heavy atom. The van der Waals surface area contributed by atoms with Crippen LogP contribution in [0.4, 0.5) is 0 Å². The quantitative estimate of drug-likeness (QED) is 0.445. The van der Waals surface area contributed by atoms with Crippen molar-refractivity contribution < 1.29 is 9.90 Å². The van der Waals surface area contributed by atoms with Gasteiger partial charge in [0.1, 0.15) is 11.6 Å². The van der Waals surface area contributed by atoms with E-state index in [1.165, 1.54) is 5.56 Å². The van der Waals surface area contributed by atoms with E-state index in [0.717, 1.165) is 63.6 Å². The largest absolute Gasteiger partial charge is 0.512 e. The summed E-state index contributed by atoms with van der Waals surface area (Å²) in [5, 5.41) is 24.4. The highest BCUT2D eigenvalue weighted by molar-refractivity contribution is 5.83. The third kappa shape index (κ3) is 6.01. The number of rotatable bonds is 11. The van der Waals surface area contributed by atoms with Gasteiger partial charge in [-0.15, -0.1) is 5.10 Å². The van der Waals surface area contributed by atoms with Gasteiger partial charge in [-0.3, -0.25) is 4.79 Å². The van der Waals surface area contributed by atoms with Gasteiger partial charge >= 0.3 is 0 Å². The highest BCUT2D eigenvalue weighted by Gasteiger charge is 2.36. The molecule has 1 saturated carbocycles. The number of aryl methyl sites for hydroxylation is 2. The lowest BCUT2D eigenvalue weighted by molar-refractivity contribution is -0.121. The van der Waals surface area contributed by atoms with Crippen molar-refractivity contribution in [2.45, 2.75) is 64.2 Å². The lowest BCUT2D eigenvalue weighted by Crippen LogP contribution is -2.16. The van der Waals surface area contributed by atoms with Crippen molar-refractivity contribution in [1.82, 2.24) is 20.6 Å². The number of allylic oxidation sites excluding steroid dienone is 2. The van der Waals surface area contributed by atoms with E-state index < -0.39 is 0 Å². The van der Waals surface area contributed by atoms with Gasteiger partial charge in [0.2, 0.25) is 0 Å². The van der Waals surface area contributed by atoms with E-state index in [9.17, 15) is 9.90 Å². The Bertz CT molecular complexity index is 743. The fourth-order valence-corrected chi connectivity index (χ4v) is 4.10. The topological polar surface area (TPSA) is 91.8 Å². The summed E-state index contributed by atoms with van der Waals surface area (Å²) in [6, 6.07) is 10.3. The third-order valence-corrected chi connectivity index (χ3v) is 5.68. The summed E-state index contributed by atoms with van der Waals surface area (Å²) in [6.45, 7) is 0. The molecule has 0 bridgehead atoms. The zero-order valence-corrected chi connectivity index (χ0v) is 16.4. The molecule has 0 amide bonds. The Balaban J connectivity index is 1.38. The highest BCUT2D eigenvalue weighted by atomic mass is 16.3. The molecule has 0 saturated heterocycles. The number of aliphatic hydroxyl groups excluding tert-OH is 1. The smallest absolute Gasteiger partial charge is 0.148 e. The number of nitrogens with zero attached hydrogens (tertiary/aromatic N) is 3. The van der Waals surface area contributed by atoms with Crippen LogP contribution in [0.1, 0.15) is 62.8 Å². The van der Waals surface area contributed by atoms with E-state index in [4.69, 9.17) is 0 Å². The molecule has 28 heavy (non-hydrogen) atoms. The maximum Gasteiger partial charge on any atom is 0.148 e. The predicted molar refractivity (Wildman–Crippen MR) is 108 cm³/mol. The molecule has 6 heteroatoms. The number of aromatic nitrogens is 4. The van der Waals surface area contributed by atoms with Crippen molar-refractivity contribution in [2.24, 2.45) is 11.8 Å². The molecule has 0 unspecified atom stereocenters. The number of Topliss-reactive ketones (excluding diaryl/α,β-unsaturated/α-hetero) is 1. The molecule has 3 rings (SSSR count). The van der Waals surface area contributed by atoms with E-state index in [2.05, 4.69) is 32.8 Å². The predicted octanol–water partition coefficient (Wildman–Crippen LogP) is 4.36. The first kappa shape index (κ1) is 20.2. The van der Waals surface area contributed by atoms with E-state index in [1.54, 1.807) is 0 Å². The van der Waals surface area contributed by atoms with Gasteiger partial charge in [-0.2, -0.15) is 0 Å². The molecule has 0 radical (unpaired) electrons. The van der Waals surface area contributed by atoms with Crippen molar-refractivity contribution in [1.29, 1.82) is 0 Å². The standard InChI is InChI=1S/C22H30N4O2/c27-20(13-8-11-17-9-4-3-5-10-17)19-15-16-21(28)18(19)12-6-1-2-7-14-22-23-25-26-24-22/h3-5,9-10,13,18-19,27H,1-2,6-8,11-12,14-16H2,(H,23,24,25,26)/t18-,19-/m1/s1. The van der Waals surface area contributed by atoms with E-state index >= 15 is 0 Å². The first-order valence-corrected chi connectivity index (χ1v) is 10.4. The molecule has 1 aliphatic rings. The van der Waals surface area contributed by atoms with Gasteiger partial charge in [0, 0.05) is 24.7 Å². The lowest BCUT2D eigenvalue weighted by Gasteiger charge is -2.18. The van der Waals surface area contributed by atoms with Crippen LogP contribution in [-0.4, -0.2) is 31.5 Å². The molecule has 1 aromatic heterocycles. The molecular weight excluding hydrogens is 352 g/mol. The summed E-state index contributed by atoms with van der Waals surface area (Å²) in [5.41, 5.74) is 1.27. The summed E-state index contributed by atoms with van der Waals surface area (Å²) < 4.78 is 0. The van der Waals surface area contributed by atoms with Crippen molar-refractivity contribution in [3.8, 4) is 0 Å². The van der Waals surface area contributed by atoms with Crippen LogP contribution in [0.3, 0.4) is 0 Å². The number of hydrogen-bond donors (Lipinski definition) is 2. The number of unbranched alkanes of at least 4 members (excludes halogenated alkanes) is 3. The van der Waals surface area contributed by atoms with Crippen molar-refractivity contribution in [3.63, 3.8) is 0 Å². The molecule has 0 aliphatic heterocycles. The number of benzene rings is 1. The third-order valence-electron chi connectivity index (χ3n) is 5.68. The van der Waals surface area contributed by atoms with Gasteiger partial charge in [0.25, 0.3) is 0 Å². The SMILES string of the molecule is O=C1CC[C@@H](C(O)=CCCc2ccccc2)[C@H]1CCCCCCc1nnn[nH]1. The molecule has 1 aliphatic carbocycles. The second-order valence-corrected chi connectivity index (χ2v) is 7.67. The van der Waals surface area contributed by atoms with Crippen LogP contribution in [0.2, 0.25) is 0 Å². The number of tetrazole rings is 1. The fraction of sp³-hybridized carbons (Fsp3) is 0.545. The van der Waals surface area contributed by atoms with Crippen LogP contribution in [0.25, 0.3) is 0 Å². The molecule has 6 nitrogen and oxygen atoms in total. The van der Waals surface area contributed by atoms with Gasteiger partial charge in [0.05, 0.1) is 5.76 Å². The molecule has 150 valence electrons. The normalized spacial score (nSPS) is 20.0. The van der Waals surface area contributed by atoms with E-state index in [0.29, 0.717) is 18.0 Å². The Morgan fingerprint density at radius 1 is 1.14 bits per heavy atom. The second-order valence-electron chi connectivity index (χ2n) is 7.67. The number of nitrogens with one attached hydrogen (secondary N) is 1. The number of hydrogen-bond acceptors (Lipinski definition) is 5. The van der Waals surface area contributed by atoms with Gasteiger partial charge in [-0.1, -0.05) is 49.6 Å². The van der Waals surface area contributed by atoms with Crippen LogP contribution in [-0.2, 0) is 17.6 Å². The molecule has 1 heterocycles. The Labute approximate surface area is 166 Å². The number of aliphatic hydroxyl groups is 1. The summed E-state index contributed by atoms with van der Waals surface area (Å²) in [6.07, 6.45) is 11.0. The summed E-state index contributed by atoms with van der Waals surface area (Å²) in [4.78, 5) is 12.3. The van der Waals surface area contributed by atoms with Gasteiger partial charge in [-0.05, 0) is 54.2 Å². The lowest BCUT2D eigenvalue weighted by atomic mass is 9.88. The first-order valence-electron chi connectivity index (χ1n) is 10.4. The zero-order chi connectivity index (χ0) is 19.6. The molecule has 2 aromatic rings. The minimum absolute atomic E-state index is 0.00792. The van der Waals surface area contributed by atoms with Gasteiger partial charge < -0.3 is 5.11 Å². The zero-order valence-electron chi connectivity index (χ0n) is 16.4. The Hall–Kier alpha value is -2.50. The molecule has 2 atom stereocenters. The van der Waals surface area contributed by atoms with Crippen LogP contribution in [0.5, 0.6) is 0 Å². The molecule has 1 fully saturated rings. The Kier molecular flexibility index (Phi) is 7.76. The van der Waals surface area contributed by atoms with E-state index in [-0.39, 0.29) is 11.8 Å². The number of H-pyrrole nitrogens is 1. The second kappa shape index (κ2) is 10.7. The average Bonchev–Trinajstić information content (AvgIpc) is 3.35. The summed E-state index contributed by atoms with van der Waals surface area (Å²) >= 11 is 0. The molecule has 0 spiro atoms. The van der Waals surface area contributed by atoms with Gasteiger partial charge in [0.15, 0.2) is 0 Å². The minimum atomic E-state index is -0.00792. The number of ketones is 1. The summed E-state index contributed by atoms with van der Waals surface area (Å²) in [5.74, 6) is 1.58. The van der Waals surface area contributed by atoms with Crippen molar-refractivity contribution >= 4 is 5.78 Å². The number of carbonyl (C=O) groups is 1. The number of carbonyl (C=O) groups excluding carboxylic acids is 1. The van der Waals surface area contributed by atoms with Crippen LogP contribution in [0.15, 0.2) is 42.2 Å². The average molecular weight is 383 g/mol. The van der Waals surface area contributed by atoms with Crippen molar-refractivity contribution in [3.05, 3.63) is 53.6 Å². The Morgan fingerprint density at radius 2 is 1.96 bits per heavy atom. The molecule has 1 aromatic carbocycles. The first-order chi connectivity index (χ1) is 13.7. The van der Waals surface area contributed by atoms with E-state index in [1.807, 2.05) is 24.3 Å². The molecular formula is C22H30N4O2. The molecule has 2 N–H and O–H groups in total. The minimum Gasteiger partial charge on any atom is -0.512 e. The van der Waals surface area contributed by atoms with Crippen LogP contribution < -0.4 is 0 Å². The maximum atomic E-state index is 12.3.